The highest BCUT2D eigenvalue weighted by molar-refractivity contribution is 9.10. The van der Waals surface area contributed by atoms with E-state index < -0.39 is 0 Å². The number of hydrogen-bond donors (Lipinski definition) is 1. The first-order valence-corrected chi connectivity index (χ1v) is 6.21. The van der Waals surface area contributed by atoms with E-state index in [0.29, 0.717) is 5.92 Å². The van der Waals surface area contributed by atoms with Crippen molar-refractivity contribution in [3.8, 4) is 0 Å². The second kappa shape index (κ2) is 5.25. The van der Waals surface area contributed by atoms with Crippen molar-refractivity contribution in [2.75, 3.05) is 20.3 Å². The maximum Gasteiger partial charge on any atom is 0.123 e. The van der Waals surface area contributed by atoms with E-state index >= 15 is 0 Å². The van der Waals surface area contributed by atoms with Gasteiger partial charge in [-0.1, -0.05) is 15.9 Å². The lowest BCUT2D eigenvalue weighted by atomic mass is 9.92. The van der Waals surface area contributed by atoms with Gasteiger partial charge in [0.25, 0.3) is 0 Å². The van der Waals surface area contributed by atoms with Crippen molar-refractivity contribution in [3.05, 3.63) is 34.1 Å². The monoisotopic (exact) mass is 287 g/mol. The smallest absolute Gasteiger partial charge is 0.123 e. The minimum atomic E-state index is -0.197. The molecule has 2 rings (SSSR count). The Labute approximate surface area is 103 Å². The van der Waals surface area contributed by atoms with Crippen LogP contribution in [0.1, 0.15) is 18.0 Å². The van der Waals surface area contributed by atoms with Crippen molar-refractivity contribution >= 4 is 15.9 Å². The van der Waals surface area contributed by atoms with Gasteiger partial charge in [-0.2, -0.15) is 0 Å². The van der Waals surface area contributed by atoms with E-state index in [4.69, 9.17) is 4.74 Å². The Morgan fingerprint density at radius 2 is 2.38 bits per heavy atom. The molecule has 1 aromatic rings. The Morgan fingerprint density at radius 3 is 3.00 bits per heavy atom. The van der Waals surface area contributed by atoms with E-state index in [-0.39, 0.29) is 11.9 Å². The zero-order valence-corrected chi connectivity index (χ0v) is 10.8. The zero-order chi connectivity index (χ0) is 11.5. The summed E-state index contributed by atoms with van der Waals surface area (Å²) in [5, 5.41) is 3.25. The van der Waals surface area contributed by atoms with Gasteiger partial charge < -0.3 is 10.1 Å². The molecule has 1 fully saturated rings. The Hall–Kier alpha value is -0.450. The quantitative estimate of drug-likeness (QED) is 0.923. The molecule has 2 atom stereocenters. The minimum absolute atomic E-state index is 0.146. The highest BCUT2D eigenvalue weighted by Gasteiger charge is 2.27. The Bertz CT molecular complexity index is 366. The third-order valence-corrected chi connectivity index (χ3v) is 3.76. The van der Waals surface area contributed by atoms with Gasteiger partial charge >= 0.3 is 0 Å². The highest BCUT2D eigenvalue weighted by atomic mass is 79.9. The second-order valence-corrected chi connectivity index (χ2v) is 4.91. The van der Waals surface area contributed by atoms with Crippen LogP contribution in [0.5, 0.6) is 0 Å². The van der Waals surface area contributed by atoms with E-state index in [1.165, 1.54) is 6.07 Å². The molecule has 1 heterocycles. The highest BCUT2D eigenvalue weighted by Crippen LogP contribution is 2.33. The summed E-state index contributed by atoms with van der Waals surface area (Å²) in [7, 11) is 1.90. The Morgan fingerprint density at radius 1 is 1.56 bits per heavy atom. The predicted octanol–water partition coefficient (Wildman–Crippen LogP) is 2.89. The Kier molecular flexibility index (Phi) is 3.95. The summed E-state index contributed by atoms with van der Waals surface area (Å²) in [6.07, 6.45) is 1.02. The largest absolute Gasteiger partial charge is 0.381 e. The maximum atomic E-state index is 13.3. The molecule has 0 radical (unpaired) electrons. The van der Waals surface area contributed by atoms with Crippen LogP contribution in [-0.2, 0) is 4.74 Å². The molecule has 1 aromatic carbocycles. The molecule has 0 spiro atoms. The molecule has 88 valence electrons. The fraction of sp³-hybridized carbons (Fsp3) is 0.500. The van der Waals surface area contributed by atoms with Gasteiger partial charge in [0.2, 0.25) is 0 Å². The molecule has 16 heavy (non-hydrogen) atoms. The van der Waals surface area contributed by atoms with Crippen molar-refractivity contribution in [2.45, 2.75) is 12.5 Å². The number of rotatable bonds is 3. The van der Waals surface area contributed by atoms with E-state index in [9.17, 15) is 4.39 Å². The summed E-state index contributed by atoms with van der Waals surface area (Å²) in [5.41, 5.74) is 0.970. The van der Waals surface area contributed by atoms with Crippen LogP contribution in [0.2, 0.25) is 0 Å². The summed E-state index contributed by atoms with van der Waals surface area (Å²) >= 11 is 3.47. The molecular weight excluding hydrogens is 273 g/mol. The molecule has 2 nitrogen and oxygen atoms in total. The number of benzene rings is 1. The molecule has 0 bridgehead atoms. The number of nitrogens with one attached hydrogen (secondary N) is 1. The van der Waals surface area contributed by atoms with E-state index in [1.807, 2.05) is 7.05 Å². The van der Waals surface area contributed by atoms with Gasteiger partial charge in [-0.25, -0.2) is 4.39 Å². The van der Waals surface area contributed by atoms with E-state index in [2.05, 4.69) is 21.2 Å². The molecule has 0 aliphatic carbocycles. The van der Waals surface area contributed by atoms with Crippen molar-refractivity contribution in [3.63, 3.8) is 0 Å². The summed E-state index contributed by atoms with van der Waals surface area (Å²) < 4.78 is 19.6. The molecule has 0 saturated carbocycles. The van der Waals surface area contributed by atoms with Crippen LogP contribution in [0.15, 0.2) is 22.7 Å². The fourth-order valence-electron chi connectivity index (χ4n) is 2.21. The summed E-state index contributed by atoms with van der Waals surface area (Å²) in [5.74, 6) is 0.223. The van der Waals surface area contributed by atoms with E-state index in [1.54, 1.807) is 12.1 Å². The van der Waals surface area contributed by atoms with Gasteiger partial charge in [-0.05, 0) is 37.2 Å². The van der Waals surface area contributed by atoms with E-state index in [0.717, 1.165) is 29.7 Å². The van der Waals surface area contributed by atoms with Crippen molar-refractivity contribution in [1.29, 1.82) is 0 Å². The Balaban J connectivity index is 2.28. The number of hydrogen-bond acceptors (Lipinski definition) is 2. The van der Waals surface area contributed by atoms with Crippen LogP contribution in [0.3, 0.4) is 0 Å². The molecule has 4 heteroatoms. The summed E-state index contributed by atoms with van der Waals surface area (Å²) in [4.78, 5) is 0. The SMILES string of the molecule is CNC(c1cc(F)ccc1Br)C1CCOC1. The first-order valence-electron chi connectivity index (χ1n) is 5.42. The van der Waals surface area contributed by atoms with Gasteiger partial charge in [0.15, 0.2) is 0 Å². The van der Waals surface area contributed by atoms with Gasteiger partial charge in [-0.15, -0.1) is 0 Å². The normalized spacial score (nSPS) is 22.3. The second-order valence-electron chi connectivity index (χ2n) is 4.06. The molecule has 1 aliphatic heterocycles. The number of halogens is 2. The lowest BCUT2D eigenvalue weighted by Gasteiger charge is -2.23. The van der Waals surface area contributed by atoms with Crippen molar-refractivity contribution in [2.24, 2.45) is 5.92 Å². The first-order chi connectivity index (χ1) is 7.72. The molecule has 0 aromatic heterocycles. The van der Waals surface area contributed by atoms with Crippen LogP contribution < -0.4 is 5.32 Å². The average molecular weight is 288 g/mol. The maximum absolute atomic E-state index is 13.3. The predicted molar refractivity (Wildman–Crippen MR) is 64.8 cm³/mol. The standard InChI is InChI=1S/C12H15BrFNO/c1-15-12(8-4-5-16-7-8)10-6-9(14)2-3-11(10)13/h2-3,6,8,12,15H,4-5,7H2,1H3. The van der Waals surface area contributed by atoms with Crippen molar-refractivity contribution in [1.82, 2.24) is 5.32 Å². The lowest BCUT2D eigenvalue weighted by molar-refractivity contribution is 0.177. The number of ether oxygens (including phenoxy) is 1. The summed E-state index contributed by atoms with van der Waals surface area (Å²) in [6.45, 7) is 1.55. The molecule has 1 saturated heterocycles. The average Bonchev–Trinajstić information content (AvgIpc) is 2.78. The van der Waals surface area contributed by atoms with Crippen LogP contribution in [0.25, 0.3) is 0 Å². The fourth-order valence-corrected chi connectivity index (χ4v) is 2.71. The molecule has 1 N–H and O–H groups in total. The zero-order valence-electron chi connectivity index (χ0n) is 9.17. The van der Waals surface area contributed by atoms with Crippen molar-refractivity contribution < 1.29 is 9.13 Å². The van der Waals surface area contributed by atoms with Crippen LogP contribution >= 0.6 is 15.9 Å². The van der Waals surface area contributed by atoms with Gasteiger partial charge in [0.05, 0.1) is 6.61 Å². The summed E-state index contributed by atoms with van der Waals surface area (Å²) in [6, 6.07) is 4.95. The van der Waals surface area contributed by atoms with Crippen LogP contribution in [0.4, 0.5) is 4.39 Å². The minimum Gasteiger partial charge on any atom is -0.381 e. The van der Waals surface area contributed by atoms with Gasteiger partial charge in [0, 0.05) is 23.0 Å². The molecular formula is C12H15BrFNO. The molecule has 1 aliphatic rings. The lowest BCUT2D eigenvalue weighted by Crippen LogP contribution is -2.26. The third kappa shape index (κ3) is 2.44. The van der Waals surface area contributed by atoms with Crippen LogP contribution in [0, 0.1) is 11.7 Å². The van der Waals surface area contributed by atoms with Gasteiger partial charge in [0.1, 0.15) is 5.82 Å². The van der Waals surface area contributed by atoms with Gasteiger partial charge in [-0.3, -0.25) is 0 Å². The van der Waals surface area contributed by atoms with Crippen LogP contribution in [-0.4, -0.2) is 20.3 Å². The molecule has 2 unspecified atom stereocenters. The first kappa shape index (κ1) is 12.0. The topological polar surface area (TPSA) is 21.3 Å². The third-order valence-electron chi connectivity index (χ3n) is 3.04. The molecule has 0 amide bonds.